The van der Waals surface area contributed by atoms with Gasteiger partial charge < -0.3 is 25.2 Å². The fourth-order valence-electron chi connectivity index (χ4n) is 5.60. The van der Waals surface area contributed by atoms with E-state index in [-0.39, 0.29) is 44.6 Å². The number of nitrogens with one attached hydrogen (secondary N) is 2. The number of fused-ring (bicyclic) bond motifs is 5. The van der Waals surface area contributed by atoms with Crippen molar-refractivity contribution in [1.82, 2.24) is 14.9 Å². The Labute approximate surface area is 256 Å². The van der Waals surface area contributed by atoms with Crippen LogP contribution in [-0.2, 0) is 26.0 Å². The number of aliphatic hydroxyl groups excluding tert-OH is 1. The number of allylic oxidation sites excluding steroid dienone is 1. The van der Waals surface area contributed by atoms with Gasteiger partial charge in [0.25, 0.3) is 0 Å². The van der Waals surface area contributed by atoms with E-state index < -0.39 is 52.5 Å². The topological polar surface area (TPSA) is 117 Å². The minimum atomic E-state index is -4.67. The normalized spacial score (nSPS) is 26.2. The smallest absolute Gasteiger partial charge is 0.390 e. The Kier molecular flexibility index (Phi) is 11.5. The van der Waals surface area contributed by atoms with Gasteiger partial charge >= 0.3 is 6.18 Å². The standard InChI is InChI=1S/C31H40F3N3O6S/c1-37(44(40,41)16-14-31(32,33)34)27-11-7-4-8-15-43-29-19-25(24-18-22(42-2)12-13-23(24)29)35-20-28(38)26(36-30(27)39)17-21-9-5-3-6-10-21/h3-6,8-10,12-13,18,25-29,35,38H,7,11,14-17,19-20H2,1-2H3,(H,36,39)/b8-4-/t25-,26+,27-,28-,29+/m1/s1. The van der Waals surface area contributed by atoms with Crippen molar-refractivity contribution in [2.24, 2.45) is 0 Å². The van der Waals surface area contributed by atoms with Crippen LogP contribution in [0.1, 0.15) is 54.5 Å². The Morgan fingerprint density at radius 1 is 1.11 bits per heavy atom. The molecule has 5 atom stereocenters. The summed E-state index contributed by atoms with van der Waals surface area (Å²) in [5.41, 5.74) is 2.83. The van der Waals surface area contributed by atoms with Crippen molar-refractivity contribution in [3.63, 3.8) is 0 Å². The number of rotatable bonds is 7. The number of hydrogen-bond acceptors (Lipinski definition) is 7. The first-order valence-corrected chi connectivity index (χ1v) is 16.2. The van der Waals surface area contributed by atoms with Gasteiger partial charge in [0.15, 0.2) is 0 Å². The van der Waals surface area contributed by atoms with Crippen LogP contribution in [-0.4, -0.2) is 81.2 Å². The summed E-state index contributed by atoms with van der Waals surface area (Å²) in [6, 6.07) is 12.7. The zero-order valence-corrected chi connectivity index (χ0v) is 25.6. The van der Waals surface area contributed by atoms with Gasteiger partial charge in [-0.1, -0.05) is 48.6 Å². The van der Waals surface area contributed by atoms with E-state index in [0.29, 0.717) is 12.2 Å². The molecule has 0 unspecified atom stereocenters. The number of methoxy groups -OCH3 is 1. The zero-order valence-electron chi connectivity index (χ0n) is 24.8. The Bertz CT molecular complexity index is 1390. The molecule has 2 aromatic rings. The third-order valence-corrected chi connectivity index (χ3v) is 9.97. The molecule has 4 rings (SSSR count). The molecule has 0 saturated heterocycles. The number of ether oxygens (including phenoxy) is 2. The van der Waals surface area contributed by atoms with Crippen LogP contribution >= 0.6 is 0 Å². The molecule has 2 aliphatic rings. The number of β-amino-alcohol motifs (C(OH)–C–C–N with tert-alkyl or cyclic N) is 1. The van der Waals surface area contributed by atoms with Crippen molar-refractivity contribution in [2.45, 2.75) is 68.6 Å². The molecule has 2 bridgehead atoms. The Morgan fingerprint density at radius 2 is 1.86 bits per heavy atom. The van der Waals surface area contributed by atoms with Crippen molar-refractivity contribution in [2.75, 3.05) is 33.1 Å². The van der Waals surface area contributed by atoms with Crippen LogP contribution in [0.4, 0.5) is 13.2 Å². The summed E-state index contributed by atoms with van der Waals surface area (Å²) >= 11 is 0. The highest BCUT2D eigenvalue weighted by atomic mass is 32.2. The maximum Gasteiger partial charge on any atom is 0.390 e. The lowest BCUT2D eigenvalue weighted by molar-refractivity contribution is -0.130. The minimum absolute atomic E-state index is 0.0185. The molecule has 3 N–H and O–H groups in total. The first kappa shape index (κ1) is 33.9. The molecule has 0 radical (unpaired) electrons. The van der Waals surface area contributed by atoms with Crippen molar-refractivity contribution in [3.05, 3.63) is 77.4 Å². The van der Waals surface area contributed by atoms with Gasteiger partial charge in [0.1, 0.15) is 11.8 Å². The lowest BCUT2D eigenvalue weighted by Crippen LogP contribution is -2.55. The lowest BCUT2D eigenvalue weighted by Gasteiger charge is -2.31. The number of halogens is 3. The van der Waals surface area contributed by atoms with Crippen LogP contribution in [0.25, 0.3) is 0 Å². The number of nitrogens with zero attached hydrogens (tertiary/aromatic N) is 1. The fraction of sp³-hybridized carbons (Fsp3) is 0.516. The van der Waals surface area contributed by atoms with Gasteiger partial charge in [0.2, 0.25) is 15.9 Å². The number of alkyl halides is 3. The third kappa shape index (κ3) is 9.04. The molecular formula is C31H40F3N3O6S. The maximum absolute atomic E-state index is 13.7. The first-order chi connectivity index (χ1) is 20.9. The summed E-state index contributed by atoms with van der Waals surface area (Å²) in [5.74, 6) is -1.18. The van der Waals surface area contributed by atoms with Crippen molar-refractivity contribution in [1.29, 1.82) is 0 Å². The van der Waals surface area contributed by atoms with Gasteiger partial charge in [-0.2, -0.15) is 17.5 Å². The molecule has 0 fully saturated rings. The van der Waals surface area contributed by atoms with Crippen LogP contribution in [0.2, 0.25) is 0 Å². The first-order valence-electron chi connectivity index (χ1n) is 14.6. The minimum Gasteiger partial charge on any atom is -0.497 e. The van der Waals surface area contributed by atoms with Crippen LogP contribution in [0.5, 0.6) is 5.75 Å². The van der Waals surface area contributed by atoms with Crippen molar-refractivity contribution in [3.8, 4) is 5.75 Å². The fourth-order valence-corrected chi connectivity index (χ4v) is 6.97. The monoisotopic (exact) mass is 639 g/mol. The molecule has 0 aromatic heterocycles. The molecule has 0 spiro atoms. The second-order valence-electron chi connectivity index (χ2n) is 11.1. The second kappa shape index (κ2) is 14.9. The summed E-state index contributed by atoms with van der Waals surface area (Å²) in [7, 11) is -1.72. The molecule has 13 heteroatoms. The number of sulfonamides is 1. The average Bonchev–Trinajstić information content (AvgIpc) is 3.34. The molecule has 1 aliphatic heterocycles. The summed E-state index contributed by atoms with van der Waals surface area (Å²) in [6.07, 6.45) is -2.78. The van der Waals surface area contributed by atoms with Gasteiger partial charge in [0, 0.05) is 19.6 Å². The van der Waals surface area contributed by atoms with Crippen LogP contribution in [0, 0.1) is 0 Å². The van der Waals surface area contributed by atoms with Crippen LogP contribution in [0.3, 0.4) is 0 Å². The molecule has 242 valence electrons. The number of aliphatic hydroxyl groups is 1. The predicted molar refractivity (Wildman–Crippen MR) is 160 cm³/mol. The Hall–Kier alpha value is -2.97. The lowest BCUT2D eigenvalue weighted by atomic mass is 9.99. The predicted octanol–water partition coefficient (Wildman–Crippen LogP) is 3.81. The summed E-state index contributed by atoms with van der Waals surface area (Å²) < 4.78 is 76.7. The van der Waals surface area contributed by atoms with E-state index in [1.807, 2.05) is 48.5 Å². The van der Waals surface area contributed by atoms with Gasteiger partial charge in [0.05, 0.1) is 44.1 Å². The number of amides is 1. The number of likely N-dealkylation sites (N-methyl/N-ethyl adjacent to an activating group) is 1. The molecule has 9 nitrogen and oxygen atoms in total. The third-order valence-electron chi connectivity index (χ3n) is 8.12. The van der Waals surface area contributed by atoms with Gasteiger partial charge in [-0.3, -0.25) is 4.79 Å². The second-order valence-corrected chi connectivity index (χ2v) is 13.3. The van der Waals surface area contributed by atoms with E-state index in [4.69, 9.17) is 9.47 Å². The average molecular weight is 640 g/mol. The van der Waals surface area contributed by atoms with Crippen LogP contribution < -0.4 is 15.4 Å². The van der Waals surface area contributed by atoms with E-state index in [0.717, 1.165) is 28.0 Å². The number of benzene rings is 2. The largest absolute Gasteiger partial charge is 0.497 e. The molecule has 1 amide bonds. The molecule has 44 heavy (non-hydrogen) atoms. The number of hydrogen-bond donors (Lipinski definition) is 3. The summed E-state index contributed by atoms with van der Waals surface area (Å²) in [5, 5.41) is 17.6. The zero-order chi connectivity index (χ0) is 31.9. The van der Waals surface area contributed by atoms with E-state index in [1.165, 1.54) is 0 Å². The molecular weight excluding hydrogens is 599 g/mol. The van der Waals surface area contributed by atoms with Crippen molar-refractivity contribution < 1.29 is 41.0 Å². The van der Waals surface area contributed by atoms with Gasteiger partial charge in [-0.05, 0) is 54.5 Å². The SMILES string of the molecule is COc1ccc2c(c1)[C@H]1C[C@@H]2OC/C=C\CC[C@@H](N(C)S(=O)(=O)CCC(F)(F)F)C(=O)N[C@@H](Cc2ccccc2)[C@H](O)CN1. The Morgan fingerprint density at radius 3 is 2.57 bits per heavy atom. The molecule has 1 heterocycles. The van der Waals surface area contributed by atoms with Gasteiger partial charge in [-0.15, -0.1) is 0 Å². The van der Waals surface area contributed by atoms with Crippen molar-refractivity contribution >= 4 is 15.9 Å². The van der Waals surface area contributed by atoms with E-state index in [2.05, 4.69) is 10.6 Å². The molecule has 0 saturated carbocycles. The quantitative estimate of drug-likeness (QED) is 0.395. The van der Waals surface area contributed by atoms with E-state index in [1.54, 1.807) is 19.3 Å². The van der Waals surface area contributed by atoms with Gasteiger partial charge in [-0.25, -0.2) is 8.42 Å². The highest BCUT2D eigenvalue weighted by Crippen LogP contribution is 2.42. The number of carbonyl (C=O) groups excluding carboxylic acids is 1. The highest BCUT2D eigenvalue weighted by molar-refractivity contribution is 7.89. The highest BCUT2D eigenvalue weighted by Gasteiger charge is 2.37. The van der Waals surface area contributed by atoms with E-state index >= 15 is 0 Å². The maximum atomic E-state index is 13.7. The van der Waals surface area contributed by atoms with E-state index in [9.17, 15) is 31.5 Å². The Balaban J connectivity index is 1.62. The number of carbonyl (C=O) groups is 1. The summed E-state index contributed by atoms with van der Waals surface area (Å²) in [4.78, 5) is 13.7. The molecule has 2 aromatic carbocycles. The van der Waals surface area contributed by atoms with Crippen LogP contribution in [0.15, 0.2) is 60.7 Å². The summed E-state index contributed by atoms with van der Waals surface area (Å²) in [6.45, 7) is 0.358. The molecule has 1 aliphatic carbocycles.